The lowest BCUT2D eigenvalue weighted by atomic mass is 9.87. The SMILES string of the molecule is C.Cc1ccc2c(c1C)CCCC2. The maximum absolute atomic E-state index is 2.32. The van der Waals surface area contributed by atoms with E-state index < -0.39 is 0 Å². The van der Waals surface area contributed by atoms with Crippen molar-refractivity contribution < 1.29 is 0 Å². The van der Waals surface area contributed by atoms with Gasteiger partial charge in [0.15, 0.2) is 0 Å². The molecule has 0 aromatic heterocycles. The van der Waals surface area contributed by atoms with Gasteiger partial charge in [0.2, 0.25) is 0 Å². The van der Waals surface area contributed by atoms with Gasteiger partial charge in [0, 0.05) is 0 Å². The fourth-order valence-electron chi connectivity index (χ4n) is 2.13. The second-order valence-corrected chi connectivity index (χ2v) is 3.85. The highest BCUT2D eigenvalue weighted by atomic mass is 14.2. The number of hydrogen-bond acceptors (Lipinski definition) is 0. The highest BCUT2D eigenvalue weighted by Crippen LogP contribution is 2.25. The Morgan fingerprint density at radius 2 is 1.69 bits per heavy atom. The summed E-state index contributed by atoms with van der Waals surface area (Å²) < 4.78 is 0. The summed E-state index contributed by atoms with van der Waals surface area (Å²) in [6.45, 7) is 4.48. The predicted octanol–water partition coefficient (Wildman–Crippen LogP) is 3.82. The summed E-state index contributed by atoms with van der Waals surface area (Å²) in [5.74, 6) is 0. The minimum absolute atomic E-state index is 0. The van der Waals surface area contributed by atoms with Crippen molar-refractivity contribution in [2.24, 2.45) is 0 Å². The van der Waals surface area contributed by atoms with Crippen LogP contribution in [0.5, 0.6) is 0 Å². The topological polar surface area (TPSA) is 0 Å². The fraction of sp³-hybridized carbons (Fsp3) is 0.538. The van der Waals surface area contributed by atoms with Gasteiger partial charge in [-0.25, -0.2) is 0 Å². The van der Waals surface area contributed by atoms with E-state index in [0.29, 0.717) is 0 Å². The van der Waals surface area contributed by atoms with Crippen LogP contribution in [0.25, 0.3) is 0 Å². The van der Waals surface area contributed by atoms with Gasteiger partial charge in [0.25, 0.3) is 0 Å². The molecule has 0 atom stereocenters. The van der Waals surface area contributed by atoms with Crippen LogP contribution < -0.4 is 0 Å². The summed E-state index contributed by atoms with van der Waals surface area (Å²) in [5, 5.41) is 0. The first kappa shape index (κ1) is 10.3. The first-order valence-corrected chi connectivity index (χ1v) is 4.87. The molecule has 0 heterocycles. The van der Waals surface area contributed by atoms with Gasteiger partial charge >= 0.3 is 0 Å². The number of aryl methyl sites for hydroxylation is 2. The summed E-state index contributed by atoms with van der Waals surface area (Å²) in [7, 11) is 0. The van der Waals surface area contributed by atoms with E-state index in [1.165, 1.54) is 36.8 Å². The Morgan fingerprint density at radius 3 is 2.46 bits per heavy atom. The van der Waals surface area contributed by atoms with Gasteiger partial charge in [-0.15, -0.1) is 0 Å². The van der Waals surface area contributed by atoms with Crippen LogP contribution in [0.3, 0.4) is 0 Å². The van der Waals surface area contributed by atoms with E-state index in [4.69, 9.17) is 0 Å². The highest BCUT2D eigenvalue weighted by molar-refractivity contribution is 5.40. The monoisotopic (exact) mass is 176 g/mol. The average Bonchev–Trinajstić information content (AvgIpc) is 2.12. The Hall–Kier alpha value is -0.780. The molecule has 2 rings (SSSR count). The van der Waals surface area contributed by atoms with Crippen molar-refractivity contribution in [3.8, 4) is 0 Å². The molecule has 0 saturated carbocycles. The van der Waals surface area contributed by atoms with Gasteiger partial charge in [-0.2, -0.15) is 0 Å². The van der Waals surface area contributed by atoms with Crippen molar-refractivity contribution in [2.75, 3.05) is 0 Å². The normalized spacial score (nSPS) is 14.6. The number of rotatable bonds is 0. The number of benzene rings is 1. The molecule has 0 radical (unpaired) electrons. The molecule has 1 aliphatic rings. The van der Waals surface area contributed by atoms with Crippen molar-refractivity contribution in [3.05, 3.63) is 34.4 Å². The predicted molar refractivity (Wildman–Crippen MR) is 59.3 cm³/mol. The zero-order valence-corrected chi connectivity index (χ0v) is 7.98. The Labute approximate surface area is 82.0 Å². The molecule has 72 valence electrons. The molecule has 1 aromatic rings. The first-order chi connectivity index (χ1) is 5.79. The molecule has 0 nitrogen and oxygen atoms in total. The Bertz CT molecular complexity index is 297. The summed E-state index contributed by atoms with van der Waals surface area (Å²) >= 11 is 0. The Morgan fingerprint density at radius 1 is 1.00 bits per heavy atom. The van der Waals surface area contributed by atoms with Crippen LogP contribution in [0.4, 0.5) is 0 Å². The van der Waals surface area contributed by atoms with Crippen LogP contribution in [0.2, 0.25) is 0 Å². The minimum atomic E-state index is 0. The molecule has 13 heavy (non-hydrogen) atoms. The highest BCUT2D eigenvalue weighted by Gasteiger charge is 2.11. The van der Waals surface area contributed by atoms with Gasteiger partial charge in [-0.3, -0.25) is 0 Å². The van der Waals surface area contributed by atoms with E-state index in [2.05, 4.69) is 26.0 Å². The fourth-order valence-corrected chi connectivity index (χ4v) is 2.13. The third-order valence-electron chi connectivity index (χ3n) is 3.09. The standard InChI is InChI=1S/C12H16.CH4/c1-9-7-8-11-5-3-4-6-12(11)10(9)2;/h7-8H,3-6H2,1-2H3;1H4. The van der Waals surface area contributed by atoms with Crippen LogP contribution in [0.15, 0.2) is 12.1 Å². The van der Waals surface area contributed by atoms with E-state index in [9.17, 15) is 0 Å². The second-order valence-electron chi connectivity index (χ2n) is 3.85. The van der Waals surface area contributed by atoms with Crippen LogP contribution >= 0.6 is 0 Å². The largest absolute Gasteiger partial charge is 0.0776 e. The smallest absolute Gasteiger partial charge is 0.0273 e. The van der Waals surface area contributed by atoms with Crippen LogP contribution in [-0.2, 0) is 12.8 Å². The average molecular weight is 176 g/mol. The first-order valence-electron chi connectivity index (χ1n) is 4.87. The Balaban J connectivity index is 0.000000845. The molecule has 0 fully saturated rings. The molecule has 0 saturated heterocycles. The van der Waals surface area contributed by atoms with Gasteiger partial charge < -0.3 is 0 Å². The molecule has 0 N–H and O–H groups in total. The zero-order valence-electron chi connectivity index (χ0n) is 7.98. The molecule has 0 aliphatic heterocycles. The van der Waals surface area contributed by atoms with Gasteiger partial charge in [-0.05, 0) is 61.8 Å². The molecule has 0 heteroatoms. The third kappa shape index (κ3) is 1.77. The lowest BCUT2D eigenvalue weighted by Crippen LogP contribution is -2.05. The van der Waals surface area contributed by atoms with Crippen LogP contribution in [0.1, 0.15) is 42.5 Å². The number of hydrogen-bond donors (Lipinski definition) is 0. The third-order valence-corrected chi connectivity index (χ3v) is 3.09. The molecule has 0 unspecified atom stereocenters. The summed E-state index contributed by atoms with van der Waals surface area (Å²) in [5.41, 5.74) is 6.23. The maximum atomic E-state index is 2.32. The lowest BCUT2D eigenvalue weighted by Gasteiger charge is -2.19. The van der Waals surface area contributed by atoms with Crippen molar-refractivity contribution in [2.45, 2.75) is 47.0 Å². The molecule has 1 aromatic carbocycles. The lowest BCUT2D eigenvalue weighted by molar-refractivity contribution is 0.681. The van der Waals surface area contributed by atoms with Crippen molar-refractivity contribution >= 4 is 0 Å². The van der Waals surface area contributed by atoms with Crippen molar-refractivity contribution in [1.29, 1.82) is 0 Å². The maximum Gasteiger partial charge on any atom is -0.0273 e. The quantitative estimate of drug-likeness (QED) is 0.563. The van der Waals surface area contributed by atoms with Gasteiger partial charge in [-0.1, -0.05) is 19.6 Å². The Kier molecular flexibility index (Phi) is 3.13. The summed E-state index contributed by atoms with van der Waals surface area (Å²) in [6, 6.07) is 4.58. The van der Waals surface area contributed by atoms with E-state index in [1.54, 1.807) is 11.1 Å². The van der Waals surface area contributed by atoms with Crippen LogP contribution in [-0.4, -0.2) is 0 Å². The van der Waals surface area contributed by atoms with Crippen molar-refractivity contribution in [3.63, 3.8) is 0 Å². The summed E-state index contributed by atoms with van der Waals surface area (Å²) in [4.78, 5) is 0. The number of fused-ring (bicyclic) bond motifs is 1. The van der Waals surface area contributed by atoms with E-state index in [-0.39, 0.29) is 7.43 Å². The van der Waals surface area contributed by atoms with E-state index >= 15 is 0 Å². The van der Waals surface area contributed by atoms with Crippen molar-refractivity contribution in [1.82, 2.24) is 0 Å². The van der Waals surface area contributed by atoms with Crippen LogP contribution in [0, 0.1) is 13.8 Å². The molecular formula is C13H20. The summed E-state index contributed by atoms with van der Waals surface area (Å²) in [6.07, 6.45) is 5.38. The molecule has 0 spiro atoms. The van der Waals surface area contributed by atoms with Gasteiger partial charge in [0.1, 0.15) is 0 Å². The molecular weight excluding hydrogens is 156 g/mol. The van der Waals surface area contributed by atoms with Gasteiger partial charge in [0.05, 0.1) is 0 Å². The molecule has 1 aliphatic carbocycles. The zero-order chi connectivity index (χ0) is 8.55. The van der Waals surface area contributed by atoms with E-state index in [1.807, 2.05) is 0 Å². The second kappa shape index (κ2) is 3.95. The molecule has 0 amide bonds. The van der Waals surface area contributed by atoms with E-state index in [0.717, 1.165) is 0 Å². The molecule has 0 bridgehead atoms. The minimum Gasteiger partial charge on any atom is -0.0776 e.